The summed E-state index contributed by atoms with van der Waals surface area (Å²) >= 11 is 3.38. The number of nitrogens with one attached hydrogen (secondary N) is 2. The van der Waals surface area contributed by atoms with Crippen LogP contribution in [-0.4, -0.2) is 79.9 Å². The van der Waals surface area contributed by atoms with E-state index in [9.17, 15) is 29.1 Å². The van der Waals surface area contributed by atoms with Crippen molar-refractivity contribution in [2.24, 2.45) is 10.9 Å². The van der Waals surface area contributed by atoms with Gasteiger partial charge in [-0.15, -0.1) is 34.9 Å². The SMILES string of the molecule is NC(=O)CSC1=C(C(=O)O)N2C(=O)[C@@H](NC(=O)C(=NOCC(=O)OC(c3ccccc3)c3ccccc3)c3csc(NC(c4ccccc4)(c4ccccc4)c4ccccc4)n3)[C@@H]2SC1. The summed E-state index contributed by atoms with van der Waals surface area (Å²) in [5.41, 5.74) is 7.98. The zero-order valence-corrected chi connectivity index (χ0v) is 36.8. The Hall–Kier alpha value is -7.21. The Kier molecular flexibility index (Phi) is 13.7. The number of oxime groups is 1. The van der Waals surface area contributed by atoms with Crippen molar-refractivity contribution in [2.45, 2.75) is 23.1 Å². The van der Waals surface area contributed by atoms with Crippen LogP contribution in [0.5, 0.6) is 0 Å². The number of thioether (sulfide) groups is 2. The highest BCUT2D eigenvalue weighted by Gasteiger charge is 2.54. The number of benzene rings is 5. The molecule has 2 aliphatic heterocycles. The van der Waals surface area contributed by atoms with Gasteiger partial charge in [-0.2, -0.15) is 0 Å². The summed E-state index contributed by atoms with van der Waals surface area (Å²) in [6.45, 7) is -0.686. The van der Waals surface area contributed by atoms with Crippen LogP contribution in [0.3, 0.4) is 0 Å². The highest BCUT2D eigenvalue weighted by Crippen LogP contribution is 2.44. The number of fused-ring (bicyclic) bond motifs is 1. The molecule has 1 fully saturated rings. The van der Waals surface area contributed by atoms with E-state index in [4.69, 9.17) is 20.3 Å². The Labute approximate surface area is 385 Å². The maximum atomic E-state index is 14.3. The highest BCUT2D eigenvalue weighted by atomic mass is 32.2. The van der Waals surface area contributed by atoms with Crippen molar-refractivity contribution in [1.82, 2.24) is 15.2 Å². The molecule has 0 unspecified atom stereocenters. The molecule has 17 heteroatoms. The van der Waals surface area contributed by atoms with Gasteiger partial charge in [0, 0.05) is 16.0 Å². The minimum absolute atomic E-state index is 0.0640. The molecular weight excluding hydrogens is 885 g/mol. The first-order chi connectivity index (χ1) is 31.6. The van der Waals surface area contributed by atoms with E-state index in [1.54, 1.807) is 5.38 Å². The van der Waals surface area contributed by atoms with E-state index in [2.05, 4.69) is 15.8 Å². The van der Waals surface area contributed by atoms with Crippen molar-refractivity contribution in [3.05, 3.63) is 201 Å². The number of β-lactam (4-membered cyclic amide) rings is 1. The van der Waals surface area contributed by atoms with E-state index in [1.807, 2.05) is 152 Å². The molecule has 6 aromatic rings. The van der Waals surface area contributed by atoms with Gasteiger partial charge in [0.1, 0.15) is 28.3 Å². The Bertz CT molecular complexity index is 2610. The first-order valence-electron chi connectivity index (χ1n) is 20.2. The lowest BCUT2D eigenvalue weighted by Gasteiger charge is -2.49. The average molecular weight is 925 g/mol. The third-order valence-electron chi connectivity index (χ3n) is 10.5. The van der Waals surface area contributed by atoms with Crippen molar-refractivity contribution in [3.8, 4) is 0 Å². The van der Waals surface area contributed by atoms with E-state index >= 15 is 0 Å². The number of amides is 3. The van der Waals surface area contributed by atoms with Crippen LogP contribution in [0.2, 0.25) is 0 Å². The molecule has 5 N–H and O–H groups in total. The monoisotopic (exact) mass is 924 g/mol. The van der Waals surface area contributed by atoms with Crippen LogP contribution < -0.4 is 16.4 Å². The topological polar surface area (TPSA) is 203 Å². The van der Waals surface area contributed by atoms with Gasteiger partial charge in [0.15, 0.2) is 16.9 Å². The summed E-state index contributed by atoms with van der Waals surface area (Å²) in [6.07, 6.45) is -0.758. The van der Waals surface area contributed by atoms with E-state index < -0.39 is 59.3 Å². The number of hydrogen-bond acceptors (Lipinski definition) is 13. The molecule has 1 aromatic heterocycles. The second-order valence-corrected chi connectivity index (χ2v) is 17.6. The van der Waals surface area contributed by atoms with Crippen LogP contribution in [0.4, 0.5) is 5.13 Å². The minimum atomic E-state index is -1.36. The van der Waals surface area contributed by atoms with Gasteiger partial charge in [-0.25, -0.2) is 14.6 Å². The number of rotatable bonds is 18. The quantitative estimate of drug-likeness (QED) is 0.0240. The molecule has 0 radical (unpaired) electrons. The van der Waals surface area contributed by atoms with Crippen LogP contribution in [0.1, 0.15) is 39.6 Å². The van der Waals surface area contributed by atoms with Crippen molar-refractivity contribution >= 4 is 75.4 Å². The molecule has 1 saturated heterocycles. The number of thiazole rings is 1. The number of ether oxygens (including phenoxy) is 1. The Balaban J connectivity index is 1.10. The molecular formula is C48H40N6O8S3. The number of carboxylic acid groups (broad SMARTS) is 1. The molecule has 14 nitrogen and oxygen atoms in total. The molecule has 2 atom stereocenters. The molecule has 5 aromatic carbocycles. The number of primary amides is 1. The smallest absolute Gasteiger partial charge is 0.353 e. The number of aromatic nitrogens is 1. The predicted octanol–water partition coefficient (Wildman–Crippen LogP) is 6.52. The number of carbonyl (C=O) groups is 5. The van der Waals surface area contributed by atoms with Gasteiger partial charge >= 0.3 is 11.9 Å². The van der Waals surface area contributed by atoms with Gasteiger partial charge in [0.2, 0.25) is 12.5 Å². The number of aliphatic carboxylic acids is 1. The number of nitrogens with zero attached hydrogens (tertiary/aromatic N) is 3. The van der Waals surface area contributed by atoms with Gasteiger partial charge in [-0.3, -0.25) is 19.3 Å². The average Bonchev–Trinajstić information content (AvgIpc) is 3.81. The summed E-state index contributed by atoms with van der Waals surface area (Å²) in [6, 6.07) is 46.9. The zero-order valence-electron chi connectivity index (χ0n) is 34.3. The predicted molar refractivity (Wildman–Crippen MR) is 250 cm³/mol. The van der Waals surface area contributed by atoms with Gasteiger partial charge in [-0.1, -0.05) is 157 Å². The lowest BCUT2D eigenvalue weighted by atomic mass is 9.77. The standard InChI is InChI=1S/C48H40N6O8S3/c49-37(55)29-63-36-28-64-45-40(44(58)54(45)41(36)46(59)60)51-43(57)39(53-61-26-38(56)62-42(30-16-6-1-7-17-30)31-18-8-2-9-19-31)35-27-65-47(50-35)52-48(32-20-10-3-11-21-32,33-22-12-4-13-23-33)34-24-14-5-15-25-34/h1-25,27,40,42,45H,26,28-29H2,(H2,49,55)(H,50,52)(H,51,57)(H,59,60)/t40-,45+/m1/s1. The van der Waals surface area contributed by atoms with Gasteiger partial charge in [0.25, 0.3) is 11.8 Å². The molecule has 328 valence electrons. The van der Waals surface area contributed by atoms with Crippen LogP contribution in [-0.2, 0) is 39.1 Å². The maximum Gasteiger partial charge on any atom is 0.353 e. The molecule has 8 rings (SSSR count). The fraction of sp³-hybridized carbons (Fsp3) is 0.146. The number of esters is 1. The van der Waals surface area contributed by atoms with Crippen LogP contribution in [0.15, 0.2) is 173 Å². The molecule has 3 heterocycles. The van der Waals surface area contributed by atoms with Crippen LogP contribution >= 0.6 is 34.9 Å². The summed E-state index contributed by atoms with van der Waals surface area (Å²) < 4.78 is 5.90. The largest absolute Gasteiger partial charge is 0.477 e. The number of hydrogen-bond donors (Lipinski definition) is 4. The van der Waals surface area contributed by atoms with Gasteiger partial charge in [-0.05, 0) is 27.8 Å². The Morgan fingerprint density at radius 1 is 0.831 bits per heavy atom. The molecule has 0 aliphatic carbocycles. The third-order valence-corrected chi connectivity index (χ3v) is 13.8. The first-order valence-corrected chi connectivity index (χ1v) is 23.1. The highest BCUT2D eigenvalue weighted by molar-refractivity contribution is 8.06. The van der Waals surface area contributed by atoms with Gasteiger partial charge < -0.3 is 31.0 Å². The number of carboxylic acids is 1. The number of carbonyl (C=O) groups excluding carboxylic acids is 4. The second kappa shape index (κ2) is 20.1. The Morgan fingerprint density at radius 2 is 1.35 bits per heavy atom. The van der Waals surface area contributed by atoms with E-state index in [1.165, 1.54) is 23.1 Å². The minimum Gasteiger partial charge on any atom is -0.477 e. The fourth-order valence-corrected chi connectivity index (χ4v) is 10.7. The van der Waals surface area contributed by atoms with Crippen molar-refractivity contribution < 1.29 is 38.7 Å². The lowest BCUT2D eigenvalue weighted by Crippen LogP contribution is -2.71. The normalized spacial score (nSPS) is 16.0. The molecule has 3 amide bonds. The molecule has 0 saturated carbocycles. The molecule has 2 aliphatic rings. The molecule has 65 heavy (non-hydrogen) atoms. The van der Waals surface area contributed by atoms with E-state index in [0.717, 1.165) is 44.5 Å². The molecule has 0 spiro atoms. The lowest BCUT2D eigenvalue weighted by molar-refractivity contribution is -0.153. The second-order valence-electron chi connectivity index (χ2n) is 14.6. The number of anilines is 1. The molecule has 0 bridgehead atoms. The summed E-state index contributed by atoms with van der Waals surface area (Å²) in [5, 5.41) is 21.8. The van der Waals surface area contributed by atoms with Gasteiger partial charge in [0.05, 0.1) is 5.75 Å². The summed E-state index contributed by atoms with van der Waals surface area (Å²) in [7, 11) is 0. The maximum absolute atomic E-state index is 14.3. The summed E-state index contributed by atoms with van der Waals surface area (Å²) in [5.74, 6) is -4.32. The number of nitrogens with two attached hydrogens (primary N) is 1. The summed E-state index contributed by atoms with van der Waals surface area (Å²) in [4.78, 5) is 77.1. The van der Waals surface area contributed by atoms with Crippen molar-refractivity contribution in [1.29, 1.82) is 0 Å². The van der Waals surface area contributed by atoms with Crippen LogP contribution in [0.25, 0.3) is 0 Å². The Morgan fingerprint density at radius 3 is 1.86 bits per heavy atom. The van der Waals surface area contributed by atoms with Crippen molar-refractivity contribution in [2.75, 3.05) is 23.4 Å². The van der Waals surface area contributed by atoms with E-state index in [-0.39, 0.29) is 28.6 Å². The third kappa shape index (κ3) is 9.67. The first kappa shape index (κ1) is 44.4. The fourth-order valence-electron chi connectivity index (χ4n) is 7.55. The van der Waals surface area contributed by atoms with Crippen LogP contribution in [0, 0.1) is 0 Å². The van der Waals surface area contributed by atoms with E-state index in [0.29, 0.717) is 10.0 Å². The van der Waals surface area contributed by atoms with Crippen molar-refractivity contribution in [3.63, 3.8) is 0 Å². The zero-order chi connectivity index (χ0) is 45.3.